The summed E-state index contributed by atoms with van der Waals surface area (Å²) in [6.45, 7) is 0. The van der Waals surface area contributed by atoms with Crippen LogP contribution in [0.4, 0.5) is 0 Å². The van der Waals surface area contributed by atoms with Crippen molar-refractivity contribution in [3.63, 3.8) is 0 Å². The normalized spacial score (nSPS) is 39.6. The molecule has 0 amide bonds. The lowest BCUT2D eigenvalue weighted by atomic mass is 9.76. The predicted molar refractivity (Wildman–Crippen MR) is 54.6 cm³/mol. The molecule has 18 heavy (non-hydrogen) atoms. The summed E-state index contributed by atoms with van der Waals surface area (Å²) in [4.78, 5) is 46.0. The van der Waals surface area contributed by atoms with E-state index < -0.39 is 47.5 Å². The van der Waals surface area contributed by atoms with E-state index >= 15 is 0 Å². The summed E-state index contributed by atoms with van der Waals surface area (Å²) in [5.41, 5.74) is 0. The van der Waals surface area contributed by atoms with Crippen LogP contribution in [0.15, 0.2) is 0 Å². The highest BCUT2D eigenvalue weighted by Crippen LogP contribution is 2.41. The summed E-state index contributed by atoms with van der Waals surface area (Å²) >= 11 is 0. The van der Waals surface area contributed by atoms with Crippen LogP contribution in [0.5, 0.6) is 0 Å². The quantitative estimate of drug-likeness (QED) is 0.452. The van der Waals surface area contributed by atoms with E-state index in [2.05, 4.69) is 9.47 Å². The number of carbonyl (C=O) groups excluding carboxylic acids is 4. The van der Waals surface area contributed by atoms with E-state index in [4.69, 9.17) is 0 Å². The van der Waals surface area contributed by atoms with Crippen molar-refractivity contribution in [1.82, 2.24) is 0 Å². The molecule has 4 atom stereocenters. The van der Waals surface area contributed by atoms with E-state index in [1.54, 1.807) is 0 Å². The van der Waals surface area contributed by atoms with Gasteiger partial charge in [0, 0.05) is 0 Å². The number of cyclic esters (lactones) is 4. The SMILES string of the molecule is O=C1OC(=O)C2CCC3C(=O)OC(=O)C3CCC12. The molecule has 0 N–H and O–H groups in total. The summed E-state index contributed by atoms with van der Waals surface area (Å²) in [6.07, 6.45) is 1.61. The Morgan fingerprint density at radius 1 is 0.556 bits per heavy atom. The number of carbonyl (C=O) groups is 4. The molecule has 0 aromatic rings. The monoisotopic (exact) mass is 252 g/mol. The molecule has 1 saturated carbocycles. The highest BCUT2D eigenvalue weighted by atomic mass is 16.6. The van der Waals surface area contributed by atoms with Gasteiger partial charge in [0.2, 0.25) is 0 Å². The number of esters is 4. The molecule has 0 spiro atoms. The Balaban J connectivity index is 1.83. The van der Waals surface area contributed by atoms with Crippen molar-refractivity contribution in [3.8, 4) is 0 Å². The molecule has 6 nitrogen and oxygen atoms in total. The molecule has 0 bridgehead atoms. The Morgan fingerprint density at radius 2 is 0.778 bits per heavy atom. The summed E-state index contributed by atoms with van der Waals surface area (Å²) in [5, 5.41) is 0. The number of hydrogen-bond acceptors (Lipinski definition) is 6. The van der Waals surface area contributed by atoms with Gasteiger partial charge in [-0.05, 0) is 25.7 Å². The molecule has 4 unspecified atom stereocenters. The van der Waals surface area contributed by atoms with Gasteiger partial charge in [-0.15, -0.1) is 0 Å². The zero-order valence-electron chi connectivity index (χ0n) is 9.59. The Bertz CT molecular complexity index is 371. The maximum Gasteiger partial charge on any atom is 0.317 e. The van der Waals surface area contributed by atoms with Gasteiger partial charge in [-0.3, -0.25) is 19.2 Å². The third kappa shape index (κ3) is 1.55. The number of fused-ring (bicyclic) bond motifs is 2. The van der Waals surface area contributed by atoms with Crippen LogP contribution in [0.3, 0.4) is 0 Å². The summed E-state index contributed by atoms with van der Waals surface area (Å²) < 4.78 is 9.23. The maximum absolute atomic E-state index is 11.5. The molecule has 3 fully saturated rings. The minimum Gasteiger partial charge on any atom is -0.393 e. The lowest BCUT2D eigenvalue weighted by Gasteiger charge is -2.22. The van der Waals surface area contributed by atoms with E-state index in [1.165, 1.54) is 0 Å². The molecular formula is C12H12O6. The van der Waals surface area contributed by atoms with Gasteiger partial charge in [-0.2, -0.15) is 0 Å². The maximum atomic E-state index is 11.5. The molecular weight excluding hydrogens is 240 g/mol. The summed E-state index contributed by atoms with van der Waals surface area (Å²) in [7, 11) is 0. The molecule has 2 saturated heterocycles. The highest BCUT2D eigenvalue weighted by Gasteiger charge is 2.50. The van der Waals surface area contributed by atoms with Gasteiger partial charge >= 0.3 is 23.9 Å². The molecule has 96 valence electrons. The standard InChI is InChI=1S/C12H12O6/c13-9-5-1-2-6-8(12(16)18-10(6)14)4-3-7(5)11(15)17-9/h5-8H,1-4H2. The minimum absolute atomic E-state index is 0.402. The van der Waals surface area contributed by atoms with Crippen LogP contribution in [-0.4, -0.2) is 23.9 Å². The second-order valence-corrected chi connectivity index (χ2v) is 5.06. The van der Waals surface area contributed by atoms with Crippen LogP contribution in [-0.2, 0) is 28.7 Å². The Morgan fingerprint density at radius 3 is 1.00 bits per heavy atom. The molecule has 1 aliphatic carbocycles. The molecule has 3 rings (SSSR count). The molecule has 0 radical (unpaired) electrons. The van der Waals surface area contributed by atoms with E-state index in [0.29, 0.717) is 25.7 Å². The summed E-state index contributed by atoms with van der Waals surface area (Å²) in [5.74, 6) is -3.82. The molecule has 2 aliphatic heterocycles. The van der Waals surface area contributed by atoms with Crippen LogP contribution in [0, 0.1) is 23.7 Å². The van der Waals surface area contributed by atoms with Crippen LogP contribution in [0.25, 0.3) is 0 Å². The largest absolute Gasteiger partial charge is 0.393 e. The van der Waals surface area contributed by atoms with E-state index in [9.17, 15) is 19.2 Å². The highest BCUT2D eigenvalue weighted by molar-refractivity contribution is 5.98. The first-order valence-corrected chi connectivity index (χ1v) is 6.09. The third-order valence-electron chi connectivity index (χ3n) is 4.16. The van der Waals surface area contributed by atoms with Gasteiger partial charge in [0.25, 0.3) is 0 Å². The number of rotatable bonds is 0. The van der Waals surface area contributed by atoms with Crippen molar-refractivity contribution in [2.45, 2.75) is 25.7 Å². The first-order valence-electron chi connectivity index (χ1n) is 6.09. The van der Waals surface area contributed by atoms with Gasteiger partial charge < -0.3 is 9.47 Å². The minimum atomic E-state index is -0.499. The Hall–Kier alpha value is -1.72. The molecule has 3 aliphatic rings. The molecule has 6 heteroatoms. The second kappa shape index (κ2) is 3.90. The van der Waals surface area contributed by atoms with Crippen molar-refractivity contribution in [1.29, 1.82) is 0 Å². The fourth-order valence-electron chi connectivity index (χ4n) is 3.15. The average molecular weight is 252 g/mol. The smallest absolute Gasteiger partial charge is 0.317 e. The van der Waals surface area contributed by atoms with Crippen LogP contribution in [0.2, 0.25) is 0 Å². The number of ether oxygens (including phenoxy) is 2. The van der Waals surface area contributed by atoms with Crippen LogP contribution >= 0.6 is 0 Å². The third-order valence-corrected chi connectivity index (χ3v) is 4.16. The second-order valence-electron chi connectivity index (χ2n) is 5.06. The van der Waals surface area contributed by atoms with Gasteiger partial charge in [-0.1, -0.05) is 0 Å². The van der Waals surface area contributed by atoms with Gasteiger partial charge in [0.15, 0.2) is 0 Å². The lowest BCUT2D eigenvalue weighted by molar-refractivity contribution is -0.156. The van der Waals surface area contributed by atoms with Crippen molar-refractivity contribution >= 4 is 23.9 Å². The van der Waals surface area contributed by atoms with Crippen molar-refractivity contribution in [2.75, 3.05) is 0 Å². The van der Waals surface area contributed by atoms with Crippen LogP contribution < -0.4 is 0 Å². The molecule has 2 heterocycles. The lowest BCUT2D eigenvalue weighted by Crippen LogP contribution is -2.27. The van der Waals surface area contributed by atoms with E-state index in [0.717, 1.165) is 0 Å². The Labute approximate surface area is 103 Å². The van der Waals surface area contributed by atoms with Crippen molar-refractivity contribution in [3.05, 3.63) is 0 Å². The molecule has 0 aromatic heterocycles. The first-order chi connectivity index (χ1) is 8.58. The van der Waals surface area contributed by atoms with Crippen molar-refractivity contribution in [2.24, 2.45) is 23.7 Å². The van der Waals surface area contributed by atoms with E-state index in [-0.39, 0.29) is 0 Å². The topological polar surface area (TPSA) is 86.7 Å². The zero-order valence-corrected chi connectivity index (χ0v) is 9.59. The molecule has 0 aromatic carbocycles. The fourth-order valence-corrected chi connectivity index (χ4v) is 3.15. The van der Waals surface area contributed by atoms with Gasteiger partial charge in [0.05, 0.1) is 23.7 Å². The Kier molecular flexibility index (Phi) is 2.46. The average Bonchev–Trinajstić information content (AvgIpc) is 2.65. The van der Waals surface area contributed by atoms with Crippen LogP contribution in [0.1, 0.15) is 25.7 Å². The fraction of sp³-hybridized carbons (Fsp3) is 0.667. The van der Waals surface area contributed by atoms with Crippen molar-refractivity contribution < 1.29 is 28.7 Å². The zero-order chi connectivity index (χ0) is 12.9. The summed E-state index contributed by atoms with van der Waals surface area (Å²) in [6, 6.07) is 0. The predicted octanol–water partition coefficient (Wildman–Crippen LogP) is 0.192. The van der Waals surface area contributed by atoms with Gasteiger partial charge in [0.1, 0.15) is 0 Å². The number of hydrogen-bond donors (Lipinski definition) is 0. The van der Waals surface area contributed by atoms with Gasteiger partial charge in [-0.25, -0.2) is 0 Å². The van der Waals surface area contributed by atoms with E-state index in [1.807, 2.05) is 0 Å². The first kappa shape index (κ1) is 11.4.